The van der Waals surface area contributed by atoms with Gasteiger partial charge >= 0.3 is 6.09 Å². The average molecular weight is 216 g/mol. The second-order valence-corrected chi connectivity index (χ2v) is 4.95. The van der Waals surface area contributed by atoms with Crippen LogP contribution in [0.25, 0.3) is 0 Å². The first-order valence-corrected chi connectivity index (χ1v) is 5.19. The molecule has 3 N–H and O–H groups in total. The summed E-state index contributed by atoms with van der Waals surface area (Å²) in [7, 11) is 0. The fraction of sp³-hybridized carbons (Fsp3) is 0.900. The van der Waals surface area contributed by atoms with E-state index in [0.29, 0.717) is 19.6 Å². The van der Waals surface area contributed by atoms with Crippen LogP contribution in [0.1, 0.15) is 20.8 Å². The highest BCUT2D eigenvalue weighted by molar-refractivity contribution is 5.68. The van der Waals surface area contributed by atoms with Crippen LogP contribution in [-0.2, 0) is 4.74 Å². The van der Waals surface area contributed by atoms with Gasteiger partial charge in [-0.25, -0.2) is 4.79 Å². The maximum atomic E-state index is 11.6. The summed E-state index contributed by atoms with van der Waals surface area (Å²) in [5.74, 6) is -0.0301. The minimum atomic E-state index is -0.525. The van der Waals surface area contributed by atoms with Gasteiger partial charge in [0.2, 0.25) is 0 Å². The predicted molar refractivity (Wildman–Crippen MR) is 56.4 cm³/mol. The zero-order valence-corrected chi connectivity index (χ0v) is 9.56. The number of carbonyl (C=O) groups is 1. The van der Waals surface area contributed by atoms with Crippen molar-refractivity contribution in [1.82, 2.24) is 4.90 Å². The van der Waals surface area contributed by atoms with Crippen molar-refractivity contribution in [2.24, 2.45) is 11.7 Å². The lowest BCUT2D eigenvalue weighted by molar-refractivity contribution is 0.0270. The smallest absolute Gasteiger partial charge is 0.410 e. The van der Waals surface area contributed by atoms with Gasteiger partial charge in [0.1, 0.15) is 5.60 Å². The molecule has 1 rings (SSSR count). The molecular weight excluding hydrogens is 196 g/mol. The standard InChI is InChI=1S/C10H20N2O3/c1-10(2,3)15-9(14)12-5-7(4-11)8(13)6-12/h7-8,13H,4-6,11H2,1-3H3/t7-,8-/m0/s1. The number of hydrogen-bond acceptors (Lipinski definition) is 4. The summed E-state index contributed by atoms with van der Waals surface area (Å²) in [5.41, 5.74) is 4.98. The zero-order valence-electron chi connectivity index (χ0n) is 9.56. The Hall–Kier alpha value is -0.810. The van der Waals surface area contributed by atoms with E-state index in [-0.39, 0.29) is 12.0 Å². The maximum Gasteiger partial charge on any atom is 0.410 e. The number of likely N-dealkylation sites (tertiary alicyclic amines) is 1. The summed E-state index contributed by atoms with van der Waals surface area (Å²) < 4.78 is 5.20. The van der Waals surface area contributed by atoms with Crippen LogP contribution < -0.4 is 5.73 Å². The molecule has 1 heterocycles. The maximum absolute atomic E-state index is 11.6. The van der Waals surface area contributed by atoms with Gasteiger partial charge in [0.25, 0.3) is 0 Å². The first-order chi connectivity index (χ1) is 6.83. The number of hydrogen-bond donors (Lipinski definition) is 2. The van der Waals surface area contributed by atoms with Crippen LogP contribution in [0.15, 0.2) is 0 Å². The molecule has 88 valence electrons. The van der Waals surface area contributed by atoms with Crippen molar-refractivity contribution < 1.29 is 14.6 Å². The van der Waals surface area contributed by atoms with E-state index in [1.54, 1.807) is 0 Å². The van der Waals surface area contributed by atoms with E-state index in [9.17, 15) is 9.90 Å². The number of aliphatic hydroxyl groups is 1. The second-order valence-electron chi connectivity index (χ2n) is 4.95. The zero-order chi connectivity index (χ0) is 11.6. The third-order valence-electron chi connectivity index (χ3n) is 2.36. The molecule has 15 heavy (non-hydrogen) atoms. The Morgan fingerprint density at radius 3 is 2.53 bits per heavy atom. The molecule has 5 heteroatoms. The minimum absolute atomic E-state index is 0.0301. The van der Waals surface area contributed by atoms with E-state index in [2.05, 4.69) is 0 Å². The highest BCUT2D eigenvalue weighted by atomic mass is 16.6. The molecule has 1 aliphatic heterocycles. The lowest BCUT2D eigenvalue weighted by Crippen LogP contribution is -2.36. The Kier molecular flexibility index (Phi) is 3.57. The molecule has 1 saturated heterocycles. The molecule has 1 fully saturated rings. The molecule has 5 nitrogen and oxygen atoms in total. The first kappa shape index (κ1) is 12.3. The summed E-state index contributed by atoms with van der Waals surface area (Å²) in [6.07, 6.45) is -0.903. The monoisotopic (exact) mass is 216 g/mol. The molecule has 0 bridgehead atoms. The average Bonchev–Trinajstić information content (AvgIpc) is 2.43. The Morgan fingerprint density at radius 1 is 1.53 bits per heavy atom. The predicted octanol–water partition coefficient (Wildman–Crippen LogP) is 0.173. The number of rotatable bonds is 1. The lowest BCUT2D eigenvalue weighted by Gasteiger charge is -2.24. The van der Waals surface area contributed by atoms with Gasteiger partial charge in [0, 0.05) is 12.5 Å². The van der Waals surface area contributed by atoms with Crippen molar-refractivity contribution in [2.75, 3.05) is 19.6 Å². The van der Waals surface area contributed by atoms with Gasteiger partial charge in [-0.05, 0) is 27.3 Å². The molecule has 1 amide bonds. The van der Waals surface area contributed by atoms with Crippen molar-refractivity contribution >= 4 is 6.09 Å². The van der Waals surface area contributed by atoms with Crippen LogP contribution in [0, 0.1) is 5.92 Å². The lowest BCUT2D eigenvalue weighted by atomic mass is 10.1. The third-order valence-corrected chi connectivity index (χ3v) is 2.36. The van der Waals surface area contributed by atoms with Gasteiger partial charge < -0.3 is 20.5 Å². The molecule has 0 aliphatic carbocycles. The van der Waals surface area contributed by atoms with Crippen molar-refractivity contribution in [2.45, 2.75) is 32.5 Å². The molecule has 0 aromatic heterocycles. The third kappa shape index (κ3) is 3.35. The van der Waals surface area contributed by atoms with Gasteiger partial charge in [0.15, 0.2) is 0 Å². The number of aliphatic hydroxyl groups excluding tert-OH is 1. The molecule has 0 aromatic carbocycles. The van der Waals surface area contributed by atoms with E-state index in [0.717, 1.165) is 0 Å². The van der Waals surface area contributed by atoms with E-state index < -0.39 is 11.7 Å². The Bertz CT molecular complexity index is 237. The van der Waals surface area contributed by atoms with Crippen LogP contribution in [0.2, 0.25) is 0 Å². The number of carbonyl (C=O) groups excluding carboxylic acids is 1. The molecule has 0 aromatic rings. The molecule has 0 radical (unpaired) electrons. The quantitative estimate of drug-likeness (QED) is 0.655. The second kappa shape index (κ2) is 4.37. The van der Waals surface area contributed by atoms with Crippen molar-refractivity contribution in [3.63, 3.8) is 0 Å². The van der Waals surface area contributed by atoms with Crippen molar-refractivity contribution in [3.8, 4) is 0 Å². The van der Waals surface area contributed by atoms with Gasteiger partial charge in [0.05, 0.1) is 12.6 Å². The van der Waals surface area contributed by atoms with E-state index in [1.807, 2.05) is 20.8 Å². The summed E-state index contributed by atoms with van der Waals surface area (Å²) in [6.45, 7) is 6.64. The summed E-state index contributed by atoms with van der Waals surface area (Å²) in [4.78, 5) is 13.1. The van der Waals surface area contributed by atoms with E-state index in [4.69, 9.17) is 10.5 Å². The van der Waals surface area contributed by atoms with Gasteiger partial charge in [-0.3, -0.25) is 0 Å². The fourth-order valence-electron chi connectivity index (χ4n) is 1.56. The topological polar surface area (TPSA) is 75.8 Å². The molecule has 1 aliphatic rings. The highest BCUT2D eigenvalue weighted by Crippen LogP contribution is 2.18. The van der Waals surface area contributed by atoms with Gasteiger partial charge in [-0.2, -0.15) is 0 Å². The SMILES string of the molecule is CC(C)(C)OC(=O)N1C[C@H](CN)[C@@H](O)C1. The summed E-state index contributed by atoms with van der Waals surface area (Å²) >= 11 is 0. The Balaban J connectivity index is 2.50. The van der Waals surface area contributed by atoms with Crippen LogP contribution in [-0.4, -0.2) is 47.4 Å². The normalized spacial score (nSPS) is 26.9. The number of nitrogens with zero attached hydrogens (tertiary/aromatic N) is 1. The number of ether oxygens (including phenoxy) is 1. The number of amides is 1. The van der Waals surface area contributed by atoms with E-state index >= 15 is 0 Å². The molecule has 2 atom stereocenters. The van der Waals surface area contributed by atoms with Crippen LogP contribution in [0.4, 0.5) is 4.79 Å². The minimum Gasteiger partial charge on any atom is -0.444 e. The van der Waals surface area contributed by atoms with Gasteiger partial charge in [-0.15, -0.1) is 0 Å². The van der Waals surface area contributed by atoms with Crippen LogP contribution in [0.3, 0.4) is 0 Å². The van der Waals surface area contributed by atoms with Gasteiger partial charge in [-0.1, -0.05) is 0 Å². The molecule has 0 saturated carbocycles. The van der Waals surface area contributed by atoms with Crippen molar-refractivity contribution in [1.29, 1.82) is 0 Å². The summed E-state index contributed by atoms with van der Waals surface area (Å²) in [6, 6.07) is 0. The number of nitrogens with two attached hydrogens (primary N) is 1. The van der Waals surface area contributed by atoms with Crippen molar-refractivity contribution in [3.05, 3.63) is 0 Å². The molecule has 0 spiro atoms. The molecular formula is C10H20N2O3. The fourth-order valence-corrected chi connectivity index (χ4v) is 1.56. The largest absolute Gasteiger partial charge is 0.444 e. The Morgan fingerprint density at radius 2 is 2.13 bits per heavy atom. The summed E-state index contributed by atoms with van der Waals surface area (Å²) in [5, 5.41) is 9.58. The van der Waals surface area contributed by atoms with Crippen LogP contribution >= 0.6 is 0 Å². The van der Waals surface area contributed by atoms with Crippen LogP contribution in [0.5, 0.6) is 0 Å². The van der Waals surface area contributed by atoms with E-state index in [1.165, 1.54) is 4.90 Å². The Labute approximate surface area is 90.2 Å². The molecule has 0 unspecified atom stereocenters. The highest BCUT2D eigenvalue weighted by Gasteiger charge is 2.35. The number of β-amino-alcohol motifs (C(OH)–C–C–N with tert-alkyl or cyclic N) is 1. The first-order valence-electron chi connectivity index (χ1n) is 5.19.